The van der Waals surface area contributed by atoms with Gasteiger partial charge in [0.05, 0.1) is 12.6 Å². The predicted molar refractivity (Wildman–Crippen MR) is 87.9 cm³/mol. The van der Waals surface area contributed by atoms with Gasteiger partial charge >= 0.3 is 0 Å². The lowest BCUT2D eigenvalue weighted by Crippen LogP contribution is -2.20. The molecule has 0 spiro atoms. The third-order valence-electron chi connectivity index (χ3n) is 4.49. The summed E-state index contributed by atoms with van der Waals surface area (Å²) in [5.41, 5.74) is 4.43. The summed E-state index contributed by atoms with van der Waals surface area (Å²) < 4.78 is 5.39. The van der Waals surface area contributed by atoms with Crippen LogP contribution >= 0.6 is 0 Å². The summed E-state index contributed by atoms with van der Waals surface area (Å²) in [5, 5.41) is 1.28. The minimum atomic E-state index is 0.405. The van der Waals surface area contributed by atoms with E-state index in [0.29, 0.717) is 5.41 Å². The zero-order valence-electron chi connectivity index (χ0n) is 13.6. The third kappa shape index (κ3) is 3.04. The Hall–Kier alpha value is -1.57. The molecule has 1 heterocycles. The van der Waals surface area contributed by atoms with Gasteiger partial charge in [0.25, 0.3) is 0 Å². The van der Waals surface area contributed by atoms with Crippen LogP contribution in [0.5, 0.6) is 5.75 Å². The molecule has 2 aromatic rings. The van der Waals surface area contributed by atoms with Gasteiger partial charge in [0.2, 0.25) is 0 Å². The fourth-order valence-electron chi connectivity index (χ4n) is 3.64. The van der Waals surface area contributed by atoms with E-state index in [0.717, 1.165) is 23.6 Å². The maximum Gasteiger partial charge on any atom is 0.119 e. The van der Waals surface area contributed by atoms with Crippen LogP contribution < -0.4 is 4.74 Å². The van der Waals surface area contributed by atoms with Crippen LogP contribution in [0.4, 0.5) is 0 Å². The molecule has 3 rings (SSSR count). The second-order valence-electron chi connectivity index (χ2n) is 7.52. The Labute approximate surface area is 127 Å². The first-order chi connectivity index (χ1) is 9.96. The number of hydrogen-bond acceptors (Lipinski definition) is 2. The predicted octanol–water partition coefficient (Wildman–Crippen LogP) is 4.78. The summed E-state index contributed by atoms with van der Waals surface area (Å²) in [6.45, 7) is 7.03. The maximum atomic E-state index is 5.39. The van der Waals surface area contributed by atoms with Gasteiger partial charge in [-0.15, -0.1) is 0 Å². The average Bonchev–Trinajstić information content (AvgIpc) is 2.45. The number of pyridine rings is 1. The molecule has 0 saturated carbocycles. The highest BCUT2D eigenvalue weighted by Gasteiger charge is 2.25. The number of fused-ring (bicyclic) bond motifs is 3. The van der Waals surface area contributed by atoms with Crippen molar-refractivity contribution >= 4 is 10.9 Å². The monoisotopic (exact) mass is 283 g/mol. The summed E-state index contributed by atoms with van der Waals surface area (Å²) in [6.07, 6.45) is 7.01. The number of aryl methyl sites for hydroxylation is 1. The Morgan fingerprint density at radius 2 is 2.10 bits per heavy atom. The van der Waals surface area contributed by atoms with Crippen molar-refractivity contribution in [1.29, 1.82) is 0 Å². The number of benzene rings is 1. The van der Waals surface area contributed by atoms with Gasteiger partial charge in [-0.2, -0.15) is 0 Å². The maximum absolute atomic E-state index is 5.39. The Balaban J connectivity index is 2.00. The molecule has 0 aliphatic heterocycles. The van der Waals surface area contributed by atoms with Gasteiger partial charge < -0.3 is 4.74 Å². The Morgan fingerprint density at radius 1 is 1.29 bits per heavy atom. The second kappa shape index (κ2) is 5.32. The molecule has 2 nitrogen and oxygen atoms in total. The van der Waals surface area contributed by atoms with Crippen LogP contribution in [0.25, 0.3) is 10.9 Å². The molecule has 1 atom stereocenters. The van der Waals surface area contributed by atoms with Crippen LogP contribution in [0.1, 0.15) is 44.7 Å². The van der Waals surface area contributed by atoms with Crippen LogP contribution in [-0.4, -0.2) is 12.1 Å². The largest absolute Gasteiger partial charge is 0.497 e. The molecule has 1 aromatic heterocycles. The summed E-state index contributed by atoms with van der Waals surface area (Å²) in [6, 6.07) is 6.22. The Morgan fingerprint density at radius 3 is 2.81 bits per heavy atom. The minimum Gasteiger partial charge on any atom is -0.497 e. The summed E-state index contributed by atoms with van der Waals surface area (Å²) in [4.78, 5) is 4.61. The molecule has 1 aliphatic rings. The van der Waals surface area contributed by atoms with Crippen LogP contribution in [0, 0.1) is 11.3 Å². The highest BCUT2D eigenvalue weighted by molar-refractivity contribution is 5.84. The molecule has 21 heavy (non-hydrogen) atoms. The molecular weight excluding hydrogens is 258 g/mol. The average molecular weight is 283 g/mol. The molecule has 1 aliphatic carbocycles. The van der Waals surface area contributed by atoms with E-state index in [1.54, 1.807) is 7.11 Å². The van der Waals surface area contributed by atoms with E-state index < -0.39 is 0 Å². The number of methoxy groups -OCH3 is 1. The fraction of sp³-hybridized carbons (Fsp3) is 0.526. The van der Waals surface area contributed by atoms with Crippen molar-refractivity contribution in [1.82, 2.24) is 4.98 Å². The van der Waals surface area contributed by atoms with Crippen molar-refractivity contribution in [3.8, 4) is 5.75 Å². The molecular formula is C19H25NO. The number of nitrogens with zero attached hydrogens (tertiary/aromatic N) is 1. The second-order valence-corrected chi connectivity index (χ2v) is 7.52. The quantitative estimate of drug-likeness (QED) is 0.791. The van der Waals surface area contributed by atoms with Crippen LogP contribution in [-0.2, 0) is 12.8 Å². The van der Waals surface area contributed by atoms with E-state index in [1.165, 1.54) is 35.8 Å². The van der Waals surface area contributed by atoms with E-state index in [9.17, 15) is 0 Å². The lowest BCUT2D eigenvalue weighted by atomic mass is 9.75. The van der Waals surface area contributed by atoms with E-state index in [-0.39, 0.29) is 0 Å². The van der Waals surface area contributed by atoms with Crippen molar-refractivity contribution in [3.63, 3.8) is 0 Å². The van der Waals surface area contributed by atoms with E-state index >= 15 is 0 Å². The molecule has 112 valence electrons. The van der Waals surface area contributed by atoms with Crippen molar-refractivity contribution in [2.75, 3.05) is 7.11 Å². The molecule has 0 N–H and O–H groups in total. The number of rotatable bonds is 2. The van der Waals surface area contributed by atoms with Gasteiger partial charge in [0.1, 0.15) is 5.75 Å². The van der Waals surface area contributed by atoms with Crippen LogP contribution in [0.3, 0.4) is 0 Å². The fourth-order valence-corrected chi connectivity index (χ4v) is 3.64. The highest BCUT2D eigenvalue weighted by atomic mass is 16.5. The first-order valence-corrected chi connectivity index (χ1v) is 7.91. The summed E-state index contributed by atoms with van der Waals surface area (Å²) in [7, 11) is 1.73. The number of ether oxygens (including phenoxy) is 1. The van der Waals surface area contributed by atoms with Crippen LogP contribution in [0.15, 0.2) is 24.4 Å². The number of aromatic nitrogens is 1. The summed E-state index contributed by atoms with van der Waals surface area (Å²) in [5.74, 6) is 1.71. The van der Waals surface area contributed by atoms with Gasteiger partial charge in [-0.05, 0) is 66.3 Å². The highest BCUT2D eigenvalue weighted by Crippen LogP contribution is 2.37. The molecule has 2 heteroatoms. The molecule has 0 bridgehead atoms. The van der Waals surface area contributed by atoms with Gasteiger partial charge in [-0.3, -0.25) is 4.98 Å². The van der Waals surface area contributed by atoms with Crippen molar-refractivity contribution in [3.05, 3.63) is 35.5 Å². The van der Waals surface area contributed by atoms with Crippen molar-refractivity contribution < 1.29 is 4.74 Å². The first-order valence-electron chi connectivity index (χ1n) is 7.91. The van der Waals surface area contributed by atoms with E-state index in [1.807, 2.05) is 6.07 Å². The van der Waals surface area contributed by atoms with Crippen molar-refractivity contribution in [2.24, 2.45) is 11.3 Å². The SMILES string of the molecule is COc1ccc2ncc3c(c2c1)CC(CC(C)(C)C)CC3. The molecule has 0 amide bonds. The number of hydrogen-bond donors (Lipinski definition) is 0. The molecule has 1 unspecified atom stereocenters. The van der Waals surface area contributed by atoms with Gasteiger partial charge in [0.15, 0.2) is 0 Å². The molecule has 1 aromatic carbocycles. The first kappa shape index (κ1) is 14.4. The Kier molecular flexibility index (Phi) is 3.64. The topological polar surface area (TPSA) is 22.1 Å². The third-order valence-corrected chi connectivity index (χ3v) is 4.49. The zero-order chi connectivity index (χ0) is 15.0. The smallest absolute Gasteiger partial charge is 0.119 e. The normalized spacial score (nSPS) is 18.6. The van der Waals surface area contributed by atoms with Gasteiger partial charge in [-0.1, -0.05) is 20.8 Å². The lowest BCUT2D eigenvalue weighted by molar-refractivity contribution is 0.274. The standard InChI is InChI=1S/C19H25NO/c1-19(2,3)11-13-5-6-14-12-20-18-8-7-15(21-4)10-17(18)16(14)9-13/h7-8,10,12-13H,5-6,9,11H2,1-4H3. The van der Waals surface area contributed by atoms with Gasteiger partial charge in [-0.25, -0.2) is 0 Å². The zero-order valence-corrected chi connectivity index (χ0v) is 13.6. The molecule has 0 fully saturated rings. The molecule has 0 radical (unpaired) electrons. The minimum absolute atomic E-state index is 0.405. The summed E-state index contributed by atoms with van der Waals surface area (Å²) >= 11 is 0. The molecule has 0 saturated heterocycles. The van der Waals surface area contributed by atoms with Crippen molar-refractivity contribution in [2.45, 2.75) is 46.5 Å². The van der Waals surface area contributed by atoms with E-state index in [4.69, 9.17) is 4.74 Å². The van der Waals surface area contributed by atoms with Crippen LogP contribution in [0.2, 0.25) is 0 Å². The van der Waals surface area contributed by atoms with E-state index in [2.05, 4.69) is 44.1 Å². The Bertz CT molecular complexity index is 649. The van der Waals surface area contributed by atoms with Gasteiger partial charge in [0, 0.05) is 11.6 Å². The lowest BCUT2D eigenvalue weighted by Gasteiger charge is -2.30.